The highest BCUT2D eigenvalue weighted by Gasteiger charge is 2.26. The minimum absolute atomic E-state index is 0.466. The van der Waals surface area contributed by atoms with Gasteiger partial charge < -0.3 is 15.1 Å². The minimum atomic E-state index is 0.466. The number of hydrogen-bond acceptors (Lipinski definition) is 4. The van der Waals surface area contributed by atoms with E-state index in [4.69, 9.17) is 10.2 Å². The van der Waals surface area contributed by atoms with E-state index in [0.717, 1.165) is 31.0 Å². The summed E-state index contributed by atoms with van der Waals surface area (Å²) in [6.45, 7) is 7.50. The first-order valence-electron chi connectivity index (χ1n) is 7.09. The van der Waals surface area contributed by atoms with E-state index in [1.165, 1.54) is 19.4 Å². The van der Waals surface area contributed by atoms with Crippen molar-refractivity contribution in [3.63, 3.8) is 0 Å². The number of piperidine rings is 1. The molecule has 1 fully saturated rings. The summed E-state index contributed by atoms with van der Waals surface area (Å²) < 4.78 is 5.86. The molecule has 0 aromatic carbocycles. The van der Waals surface area contributed by atoms with Crippen LogP contribution in [-0.2, 0) is 6.42 Å². The number of likely N-dealkylation sites (tertiary alicyclic amines) is 1. The molecule has 1 aromatic rings. The molecule has 4 heteroatoms. The van der Waals surface area contributed by atoms with Crippen molar-refractivity contribution in [3.8, 4) is 0 Å². The molecule has 18 heavy (non-hydrogen) atoms. The monoisotopic (exact) mass is 251 g/mol. The van der Waals surface area contributed by atoms with Crippen LogP contribution in [0.2, 0.25) is 0 Å². The zero-order valence-electron chi connectivity index (χ0n) is 11.6. The van der Waals surface area contributed by atoms with Crippen molar-refractivity contribution in [2.45, 2.75) is 51.5 Å². The van der Waals surface area contributed by atoms with Gasteiger partial charge in [0, 0.05) is 24.9 Å². The summed E-state index contributed by atoms with van der Waals surface area (Å²) in [6, 6.07) is 0.611. The van der Waals surface area contributed by atoms with Gasteiger partial charge in [-0.25, -0.2) is 4.98 Å². The van der Waals surface area contributed by atoms with Crippen LogP contribution < -0.4 is 5.73 Å². The summed E-state index contributed by atoms with van der Waals surface area (Å²) in [7, 11) is 0. The second-order valence-electron chi connectivity index (χ2n) is 5.48. The fraction of sp³-hybridized carbons (Fsp3) is 0.786. The normalized spacial score (nSPS) is 21.7. The topological polar surface area (TPSA) is 55.3 Å². The van der Waals surface area contributed by atoms with Gasteiger partial charge in [-0.15, -0.1) is 0 Å². The molecule has 2 N–H and O–H groups in total. The maximum atomic E-state index is 5.86. The van der Waals surface area contributed by atoms with E-state index in [1.54, 1.807) is 0 Å². The first-order valence-corrected chi connectivity index (χ1v) is 7.09. The van der Waals surface area contributed by atoms with Crippen molar-refractivity contribution < 1.29 is 4.42 Å². The van der Waals surface area contributed by atoms with E-state index in [-0.39, 0.29) is 0 Å². The van der Waals surface area contributed by atoms with Crippen LogP contribution in [0, 0.1) is 0 Å². The fourth-order valence-corrected chi connectivity index (χ4v) is 2.58. The molecule has 4 nitrogen and oxygen atoms in total. The van der Waals surface area contributed by atoms with Gasteiger partial charge in [-0.05, 0) is 46.2 Å². The summed E-state index contributed by atoms with van der Waals surface area (Å²) in [5.41, 5.74) is 5.51. The Morgan fingerprint density at radius 2 is 2.39 bits per heavy atom. The highest BCUT2D eigenvalue weighted by molar-refractivity contribution is 5.01. The predicted molar refractivity (Wildman–Crippen MR) is 72.6 cm³/mol. The van der Waals surface area contributed by atoms with Crippen LogP contribution in [0.15, 0.2) is 10.6 Å². The van der Waals surface area contributed by atoms with Crippen LogP contribution in [0.25, 0.3) is 0 Å². The molecule has 0 aliphatic carbocycles. The first-order chi connectivity index (χ1) is 8.70. The lowest BCUT2D eigenvalue weighted by atomic mass is 9.97. The molecule has 0 saturated carbocycles. The van der Waals surface area contributed by atoms with Gasteiger partial charge in [-0.2, -0.15) is 0 Å². The Balaban J connectivity index is 1.95. The van der Waals surface area contributed by atoms with Gasteiger partial charge in [0.1, 0.15) is 5.76 Å². The molecular weight excluding hydrogens is 226 g/mol. The number of nitrogens with zero attached hydrogens (tertiary/aromatic N) is 2. The zero-order chi connectivity index (χ0) is 13.0. The largest absolute Gasteiger partial charge is 0.445 e. The van der Waals surface area contributed by atoms with Gasteiger partial charge in [0.05, 0.1) is 6.20 Å². The molecule has 0 bridgehead atoms. The summed E-state index contributed by atoms with van der Waals surface area (Å²) >= 11 is 0. The third-order valence-corrected chi connectivity index (χ3v) is 3.73. The lowest BCUT2D eigenvalue weighted by molar-refractivity contribution is 0.156. The molecule has 1 atom stereocenters. The average Bonchev–Trinajstić information content (AvgIpc) is 2.85. The van der Waals surface area contributed by atoms with Crippen molar-refractivity contribution in [1.82, 2.24) is 9.88 Å². The second kappa shape index (κ2) is 6.34. The molecular formula is C14H25N3O. The van der Waals surface area contributed by atoms with Crippen LogP contribution in [0.3, 0.4) is 0 Å². The van der Waals surface area contributed by atoms with Crippen molar-refractivity contribution >= 4 is 0 Å². The van der Waals surface area contributed by atoms with Crippen molar-refractivity contribution in [1.29, 1.82) is 0 Å². The summed E-state index contributed by atoms with van der Waals surface area (Å²) in [5, 5.41) is 0. The number of hydrogen-bond donors (Lipinski definition) is 1. The van der Waals surface area contributed by atoms with Gasteiger partial charge in [0.2, 0.25) is 0 Å². The van der Waals surface area contributed by atoms with Crippen molar-refractivity contribution in [2.75, 3.05) is 19.6 Å². The Labute approximate surface area is 110 Å². The highest BCUT2D eigenvalue weighted by atomic mass is 16.4. The molecule has 1 aliphatic rings. The molecule has 1 aliphatic heterocycles. The third kappa shape index (κ3) is 3.33. The first kappa shape index (κ1) is 13.6. The van der Waals surface area contributed by atoms with Gasteiger partial charge >= 0.3 is 0 Å². The lowest BCUT2D eigenvalue weighted by Crippen LogP contribution is -2.39. The molecule has 2 rings (SSSR count). The summed E-state index contributed by atoms with van der Waals surface area (Å²) in [6.07, 6.45) is 6.18. The number of nitrogens with two attached hydrogens (primary N) is 1. The Hall–Kier alpha value is -0.870. The predicted octanol–water partition coefficient (Wildman–Crippen LogP) is 2.15. The zero-order valence-corrected chi connectivity index (χ0v) is 11.6. The van der Waals surface area contributed by atoms with E-state index in [0.29, 0.717) is 18.5 Å². The smallest absolute Gasteiger partial charge is 0.198 e. The average molecular weight is 251 g/mol. The number of oxazole rings is 1. The third-order valence-electron chi connectivity index (χ3n) is 3.73. The molecule has 2 heterocycles. The summed E-state index contributed by atoms with van der Waals surface area (Å²) in [5.74, 6) is 2.37. The van der Waals surface area contributed by atoms with E-state index in [2.05, 4.69) is 23.7 Å². The minimum Gasteiger partial charge on any atom is -0.445 e. The van der Waals surface area contributed by atoms with Crippen LogP contribution in [-0.4, -0.2) is 35.6 Å². The Morgan fingerprint density at radius 1 is 1.56 bits per heavy atom. The number of rotatable bonds is 5. The van der Waals surface area contributed by atoms with Crippen LogP contribution in [0.5, 0.6) is 0 Å². The van der Waals surface area contributed by atoms with Gasteiger partial charge in [-0.3, -0.25) is 0 Å². The quantitative estimate of drug-likeness (QED) is 0.871. The molecule has 0 radical (unpaired) electrons. The molecule has 1 aromatic heterocycles. The molecule has 0 spiro atoms. The lowest BCUT2D eigenvalue weighted by Gasteiger charge is -2.34. The molecule has 0 amide bonds. The van der Waals surface area contributed by atoms with E-state index in [1.807, 2.05) is 6.20 Å². The Bertz CT molecular complexity index is 362. The number of aryl methyl sites for hydroxylation is 1. The SMILES string of the molecule is CC(C)N1CCCC(c2ncc(CCCN)o2)C1. The second-order valence-corrected chi connectivity index (χ2v) is 5.48. The summed E-state index contributed by atoms with van der Waals surface area (Å²) in [4.78, 5) is 6.96. The highest BCUT2D eigenvalue weighted by Crippen LogP contribution is 2.27. The van der Waals surface area contributed by atoms with Crippen LogP contribution >= 0.6 is 0 Å². The Kier molecular flexibility index (Phi) is 4.78. The fourth-order valence-electron chi connectivity index (χ4n) is 2.58. The van der Waals surface area contributed by atoms with Gasteiger partial charge in [0.25, 0.3) is 0 Å². The van der Waals surface area contributed by atoms with E-state index >= 15 is 0 Å². The van der Waals surface area contributed by atoms with Crippen LogP contribution in [0.1, 0.15) is 50.7 Å². The van der Waals surface area contributed by atoms with Gasteiger partial charge in [0.15, 0.2) is 5.89 Å². The van der Waals surface area contributed by atoms with Gasteiger partial charge in [-0.1, -0.05) is 0 Å². The van der Waals surface area contributed by atoms with Crippen LogP contribution in [0.4, 0.5) is 0 Å². The van der Waals surface area contributed by atoms with Crippen molar-refractivity contribution in [2.24, 2.45) is 5.73 Å². The maximum Gasteiger partial charge on any atom is 0.198 e. The number of aromatic nitrogens is 1. The maximum absolute atomic E-state index is 5.86. The molecule has 1 saturated heterocycles. The molecule has 102 valence electrons. The van der Waals surface area contributed by atoms with E-state index < -0.39 is 0 Å². The Morgan fingerprint density at radius 3 is 3.11 bits per heavy atom. The molecule has 1 unspecified atom stereocenters. The van der Waals surface area contributed by atoms with Crippen molar-refractivity contribution in [3.05, 3.63) is 17.8 Å². The van der Waals surface area contributed by atoms with E-state index in [9.17, 15) is 0 Å². The standard InChI is InChI=1S/C14H25N3O/c1-11(2)17-8-4-5-12(10-17)14-16-9-13(18-14)6-3-7-15/h9,11-12H,3-8,10,15H2,1-2H3.